The monoisotopic (exact) mass is 246 g/mol. The summed E-state index contributed by atoms with van der Waals surface area (Å²) < 4.78 is 18.8. The molecule has 0 saturated carbocycles. The zero-order valence-corrected chi connectivity index (χ0v) is 10.4. The molecule has 3 nitrogen and oxygen atoms in total. The van der Waals surface area contributed by atoms with Gasteiger partial charge in [0, 0.05) is 12.6 Å². The van der Waals surface area contributed by atoms with Crippen molar-refractivity contribution in [3.05, 3.63) is 53.2 Å². The predicted octanol–water partition coefficient (Wildman–Crippen LogP) is 3.21. The van der Waals surface area contributed by atoms with Crippen LogP contribution in [0.15, 0.2) is 34.9 Å². The van der Waals surface area contributed by atoms with Gasteiger partial charge in [-0.3, -0.25) is 0 Å². The Morgan fingerprint density at radius 3 is 2.67 bits per heavy atom. The van der Waals surface area contributed by atoms with Crippen LogP contribution in [0.4, 0.5) is 10.1 Å². The molecule has 0 saturated heterocycles. The van der Waals surface area contributed by atoms with Crippen molar-refractivity contribution in [1.29, 1.82) is 0 Å². The van der Waals surface area contributed by atoms with Crippen LogP contribution < -0.4 is 10.9 Å². The molecule has 2 aromatic rings. The molecule has 0 fully saturated rings. The second-order valence-electron chi connectivity index (χ2n) is 4.06. The fourth-order valence-corrected chi connectivity index (χ4v) is 1.76. The summed E-state index contributed by atoms with van der Waals surface area (Å²) >= 11 is 0. The van der Waals surface area contributed by atoms with Crippen molar-refractivity contribution >= 4 is 17.8 Å². The first kappa shape index (κ1) is 12.4. The maximum absolute atomic E-state index is 13.6. The van der Waals surface area contributed by atoms with Gasteiger partial charge >= 0.3 is 0 Å². The quantitative estimate of drug-likeness (QED) is 0.668. The van der Waals surface area contributed by atoms with Gasteiger partial charge in [-0.1, -0.05) is 0 Å². The number of anilines is 1. The number of benzene rings is 1. The zero-order chi connectivity index (χ0) is 13.1. The molecule has 2 rings (SSSR count). The Morgan fingerprint density at radius 2 is 2.06 bits per heavy atom. The van der Waals surface area contributed by atoms with Crippen LogP contribution in [0.2, 0.25) is 0 Å². The molecule has 1 heterocycles. The molecule has 1 aromatic carbocycles. The molecule has 0 radical (unpaired) electrons. The van der Waals surface area contributed by atoms with Gasteiger partial charge in [0.25, 0.3) is 0 Å². The van der Waals surface area contributed by atoms with Gasteiger partial charge in [0.05, 0.1) is 12.0 Å². The second-order valence-corrected chi connectivity index (χ2v) is 4.06. The summed E-state index contributed by atoms with van der Waals surface area (Å²) in [7, 11) is 1.72. The highest BCUT2D eigenvalue weighted by Gasteiger charge is 2.09. The summed E-state index contributed by atoms with van der Waals surface area (Å²) in [6, 6.07) is 6.70. The van der Waals surface area contributed by atoms with Crippen LogP contribution in [0, 0.1) is 12.7 Å². The topological polar surface area (TPSA) is 42.4 Å². The zero-order valence-electron chi connectivity index (χ0n) is 10.4. The fraction of sp³-hybridized carbons (Fsp3) is 0.143. The Hall–Kier alpha value is -2.07. The highest BCUT2D eigenvalue weighted by molar-refractivity contribution is 5.77. The number of hydrazine groups is 1. The van der Waals surface area contributed by atoms with Crippen LogP contribution in [-0.4, -0.2) is 7.05 Å². The lowest BCUT2D eigenvalue weighted by Gasteiger charge is -2.17. The van der Waals surface area contributed by atoms with Gasteiger partial charge in [0.15, 0.2) is 0 Å². The minimum atomic E-state index is -0.250. The van der Waals surface area contributed by atoms with Gasteiger partial charge in [-0.15, -0.1) is 0 Å². The predicted molar refractivity (Wildman–Crippen MR) is 71.4 cm³/mol. The van der Waals surface area contributed by atoms with Crippen molar-refractivity contribution in [2.24, 2.45) is 5.84 Å². The number of halogens is 1. The van der Waals surface area contributed by atoms with E-state index in [0.717, 1.165) is 11.3 Å². The minimum absolute atomic E-state index is 0.250. The first-order valence-corrected chi connectivity index (χ1v) is 5.58. The molecule has 0 unspecified atom stereocenters. The number of hydrogen-bond donors (Lipinski definition) is 1. The van der Waals surface area contributed by atoms with Crippen LogP contribution in [0.5, 0.6) is 0 Å². The molecule has 94 valence electrons. The molecule has 0 spiro atoms. The molecule has 0 bridgehead atoms. The van der Waals surface area contributed by atoms with Gasteiger partial charge in [0.1, 0.15) is 11.6 Å². The van der Waals surface area contributed by atoms with E-state index < -0.39 is 0 Å². The molecule has 0 atom stereocenters. The number of rotatable bonds is 3. The molecule has 18 heavy (non-hydrogen) atoms. The van der Waals surface area contributed by atoms with Crippen molar-refractivity contribution in [1.82, 2.24) is 0 Å². The molecule has 0 aliphatic heterocycles. The van der Waals surface area contributed by atoms with Crippen molar-refractivity contribution in [3.8, 4) is 0 Å². The van der Waals surface area contributed by atoms with Crippen LogP contribution in [0.25, 0.3) is 12.2 Å². The highest BCUT2D eigenvalue weighted by Crippen LogP contribution is 2.26. The van der Waals surface area contributed by atoms with Crippen LogP contribution >= 0.6 is 0 Å². The van der Waals surface area contributed by atoms with E-state index in [2.05, 4.69) is 0 Å². The fourth-order valence-electron chi connectivity index (χ4n) is 1.76. The number of nitrogens with two attached hydrogens (primary N) is 1. The molecular weight excluding hydrogens is 231 g/mol. The third-order valence-electron chi connectivity index (χ3n) is 2.76. The summed E-state index contributed by atoms with van der Waals surface area (Å²) in [4.78, 5) is 0. The van der Waals surface area contributed by atoms with Crippen LogP contribution in [0.3, 0.4) is 0 Å². The molecule has 0 aliphatic carbocycles. The van der Waals surface area contributed by atoms with E-state index in [0.29, 0.717) is 11.3 Å². The SMILES string of the molecule is Cc1c(F)ccc(N(C)N)c1/C=C/c1ccco1. The lowest BCUT2D eigenvalue weighted by atomic mass is 10.0. The van der Waals surface area contributed by atoms with E-state index in [1.165, 1.54) is 11.1 Å². The van der Waals surface area contributed by atoms with E-state index in [4.69, 9.17) is 10.3 Å². The first-order chi connectivity index (χ1) is 8.59. The van der Waals surface area contributed by atoms with Crippen molar-refractivity contribution < 1.29 is 8.81 Å². The van der Waals surface area contributed by atoms with E-state index >= 15 is 0 Å². The summed E-state index contributed by atoms with van der Waals surface area (Å²) in [5.41, 5.74) is 2.07. The largest absolute Gasteiger partial charge is 0.465 e. The lowest BCUT2D eigenvalue weighted by Crippen LogP contribution is -2.26. The Kier molecular flexibility index (Phi) is 3.48. The van der Waals surface area contributed by atoms with Gasteiger partial charge in [-0.05, 0) is 48.9 Å². The third-order valence-corrected chi connectivity index (χ3v) is 2.76. The Bertz CT molecular complexity index is 559. The molecule has 4 heteroatoms. The summed E-state index contributed by atoms with van der Waals surface area (Å²) in [5, 5.41) is 1.47. The van der Waals surface area contributed by atoms with Crippen LogP contribution in [-0.2, 0) is 0 Å². The summed E-state index contributed by atoms with van der Waals surface area (Å²) in [6.07, 6.45) is 5.18. The van der Waals surface area contributed by atoms with E-state index in [1.54, 1.807) is 44.5 Å². The third kappa shape index (κ3) is 2.43. The molecule has 0 aliphatic rings. The molecule has 1 aromatic heterocycles. The van der Waals surface area contributed by atoms with Crippen molar-refractivity contribution in [2.75, 3.05) is 12.1 Å². The van der Waals surface area contributed by atoms with Crippen molar-refractivity contribution in [2.45, 2.75) is 6.92 Å². The lowest BCUT2D eigenvalue weighted by molar-refractivity contribution is 0.557. The highest BCUT2D eigenvalue weighted by atomic mass is 19.1. The van der Waals surface area contributed by atoms with Gasteiger partial charge in [0.2, 0.25) is 0 Å². The Labute approximate surface area is 105 Å². The second kappa shape index (κ2) is 5.06. The minimum Gasteiger partial charge on any atom is -0.465 e. The number of furan rings is 1. The molecule has 0 amide bonds. The van der Waals surface area contributed by atoms with E-state index in [9.17, 15) is 4.39 Å². The Balaban J connectivity index is 2.45. The Morgan fingerprint density at radius 1 is 1.28 bits per heavy atom. The molecule has 2 N–H and O–H groups in total. The maximum atomic E-state index is 13.6. The van der Waals surface area contributed by atoms with Gasteiger partial charge in [-0.2, -0.15) is 0 Å². The van der Waals surface area contributed by atoms with E-state index in [-0.39, 0.29) is 5.82 Å². The summed E-state index contributed by atoms with van der Waals surface area (Å²) in [5.74, 6) is 6.20. The summed E-state index contributed by atoms with van der Waals surface area (Å²) in [6.45, 7) is 1.73. The maximum Gasteiger partial charge on any atom is 0.126 e. The standard InChI is InChI=1S/C14H15FN2O/c1-10-12(6-5-11-4-3-9-18-11)14(17(2)16)8-7-13(10)15/h3-9H,16H2,1-2H3/b6-5+. The average Bonchev–Trinajstić information content (AvgIpc) is 2.83. The number of nitrogens with zero attached hydrogens (tertiary/aromatic N) is 1. The molecular formula is C14H15FN2O. The smallest absolute Gasteiger partial charge is 0.126 e. The van der Waals surface area contributed by atoms with Gasteiger partial charge in [-0.25, -0.2) is 10.2 Å². The van der Waals surface area contributed by atoms with Crippen LogP contribution in [0.1, 0.15) is 16.9 Å². The van der Waals surface area contributed by atoms with Gasteiger partial charge < -0.3 is 9.43 Å². The average molecular weight is 246 g/mol. The normalized spacial score (nSPS) is 11.1. The van der Waals surface area contributed by atoms with Crippen molar-refractivity contribution in [3.63, 3.8) is 0 Å². The number of hydrogen-bond acceptors (Lipinski definition) is 3. The first-order valence-electron chi connectivity index (χ1n) is 5.58. The van der Waals surface area contributed by atoms with E-state index in [1.807, 2.05) is 6.07 Å².